The average molecular weight is 427 g/mol. The monoisotopic (exact) mass is 427 g/mol. The molecule has 1 saturated heterocycles. The molecule has 1 aliphatic heterocycles. The lowest BCUT2D eigenvalue weighted by Gasteiger charge is -2.40. The molecule has 164 valence electrons. The van der Waals surface area contributed by atoms with Crippen LogP contribution >= 0.6 is 0 Å². The molecule has 4 rings (SSSR count). The van der Waals surface area contributed by atoms with Crippen molar-refractivity contribution in [1.29, 1.82) is 0 Å². The standard InChI is InChI=1S/C23H25NO7/c1-12-3-2-4-15-16(22-21(28)20(27)19(26)17(11-25)31-22)10-24(18(12)15)9-13-5-7-14(8-6-13)23(29)30/h2-8,10,17,19-22,25-28H,9,11H2,1H3,(H,29,30)/t17-,19-,20+,21-,22+/m1/s1. The first-order valence-corrected chi connectivity index (χ1v) is 10.0. The van der Waals surface area contributed by atoms with Crippen molar-refractivity contribution in [2.24, 2.45) is 0 Å². The third kappa shape index (κ3) is 3.84. The Balaban J connectivity index is 1.76. The lowest BCUT2D eigenvalue weighted by atomic mass is 9.91. The second-order valence-corrected chi connectivity index (χ2v) is 7.93. The van der Waals surface area contributed by atoms with Crippen molar-refractivity contribution < 1.29 is 35.1 Å². The molecule has 3 aromatic rings. The van der Waals surface area contributed by atoms with Crippen molar-refractivity contribution >= 4 is 16.9 Å². The number of hydrogen-bond acceptors (Lipinski definition) is 6. The molecule has 0 spiro atoms. The van der Waals surface area contributed by atoms with Crippen LogP contribution in [-0.2, 0) is 11.3 Å². The minimum Gasteiger partial charge on any atom is -0.478 e. The fraction of sp³-hybridized carbons (Fsp3) is 0.348. The number of aromatic carboxylic acids is 1. The molecule has 1 fully saturated rings. The topological polar surface area (TPSA) is 132 Å². The van der Waals surface area contributed by atoms with Crippen LogP contribution in [0.1, 0.15) is 33.2 Å². The summed E-state index contributed by atoms with van der Waals surface area (Å²) in [6.07, 6.45) is -4.34. The van der Waals surface area contributed by atoms with E-state index < -0.39 is 43.1 Å². The van der Waals surface area contributed by atoms with E-state index in [-0.39, 0.29) is 5.56 Å². The molecule has 0 aliphatic carbocycles. The van der Waals surface area contributed by atoms with Gasteiger partial charge in [-0.25, -0.2) is 4.79 Å². The number of aromatic nitrogens is 1. The van der Waals surface area contributed by atoms with Crippen LogP contribution in [0, 0.1) is 6.92 Å². The van der Waals surface area contributed by atoms with E-state index in [0.717, 1.165) is 22.0 Å². The SMILES string of the molecule is Cc1cccc2c([C@@H]3O[C@H](CO)[C@@H](O)[C@H](O)[C@H]3O)cn(Cc3ccc(C(=O)O)cc3)c12. The average Bonchev–Trinajstić information content (AvgIpc) is 3.12. The zero-order valence-corrected chi connectivity index (χ0v) is 16.9. The number of carboxylic acids is 1. The zero-order valence-electron chi connectivity index (χ0n) is 16.9. The Morgan fingerprint density at radius 3 is 2.39 bits per heavy atom. The van der Waals surface area contributed by atoms with E-state index in [4.69, 9.17) is 9.84 Å². The molecule has 0 bridgehead atoms. The van der Waals surface area contributed by atoms with E-state index in [2.05, 4.69) is 0 Å². The Morgan fingerprint density at radius 1 is 1.03 bits per heavy atom. The number of rotatable bonds is 5. The van der Waals surface area contributed by atoms with E-state index in [0.29, 0.717) is 12.1 Å². The number of aliphatic hydroxyl groups is 4. The molecule has 1 aromatic heterocycles. The van der Waals surface area contributed by atoms with Gasteiger partial charge in [0.15, 0.2) is 0 Å². The van der Waals surface area contributed by atoms with Crippen molar-refractivity contribution in [2.75, 3.05) is 6.61 Å². The first-order valence-electron chi connectivity index (χ1n) is 10.0. The number of carbonyl (C=O) groups is 1. The maximum absolute atomic E-state index is 11.1. The van der Waals surface area contributed by atoms with E-state index in [1.807, 2.05) is 35.9 Å². The van der Waals surface area contributed by atoms with Crippen LogP contribution in [0.5, 0.6) is 0 Å². The van der Waals surface area contributed by atoms with Crippen LogP contribution in [0.2, 0.25) is 0 Å². The van der Waals surface area contributed by atoms with Crippen molar-refractivity contribution in [1.82, 2.24) is 4.57 Å². The molecular formula is C23H25NO7. The molecule has 2 aromatic carbocycles. The third-order valence-electron chi connectivity index (χ3n) is 5.88. The largest absolute Gasteiger partial charge is 0.478 e. The van der Waals surface area contributed by atoms with Crippen LogP contribution in [-0.4, -0.2) is 67.1 Å². The highest BCUT2D eigenvalue weighted by Crippen LogP contribution is 2.38. The van der Waals surface area contributed by atoms with Gasteiger partial charge in [0.05, 0.1) is 17.7 Å². The van der Waals surface area contributed by atoms with Crippen LogP contribution in [0.3, 0.4) is 0 Å². The fourth-order valence-electron chi connectivity index (χ4n) is 4.23. The minimum atomic E-state index is -1.46. The Labute approximate surface area is 178 Å². The molecule has 8 heteroatoms. The number of aliphatic hydroxyl groups excluding tert-OH is 4. The predicted molar refractivity (Wildman–Crippen MR) is 112 cm³/mol. The van der Waals surface area contributed by atoms with Gasteiger partial charge < -0.3 is 34.8 Å². The number of para-hydroxylation sites is 1. The quantitative estimate of drug-likeness (QED) is 0.413. The number of carboxylic acid groups (broad SMARTS) is 1. The Kier molecular flexibility index (Phi) is 5.83. The zero-order chi connectivity index (χ0) is 22.3. The molecule has 0 amide bonds. The van der Waals surface area contributed by atoms with E-state index in [9.17, 15) is 25.2 Å². The highest BCUT2D eigenvalue weighted by Gasteiger charge is 2.44. The summed E-state index contributed by atoms with van der Waals surface area (Å²) in [6.45, 7) is 1.93. The maximum atomic E-state index is 11.1. The molecule has 2 heterocycles. The Hall–Kier alpha value is -2.75. The lowest BCUT2D eigenvalue weighted by Crippen LogP contribution is -2.55. The summed E-state index contributed by atoms with van der Waals surface area (Å²) in [4.78, 5) is 11.1. The predicted octanol–water partition coefficient (Wildman–Crippen LogP) is 1.21. The molecule has 0 radical (unpaired) electrons. The van der Waals surface area contributed by atoms with Crippen LogP contribution < -0.4 is 0 Å². The molecule has 31 heavy (non-hydrogen) atoms. The Morgan fingerprint density at radius 2 is 1.74 bits per heavy atom. The maximum Gasteiger partial charge on any atom is 0.335 e. The molecule has 0 saturated carbocycles. The van der Waals surface area contributed by atoms with Crippen molar-refractivity contribution in [2.45, 2.75) is 44.0 Å². The van der Waals surface area contributed by atoms with Crippen molar-refractivity contribution in [3.05, 3.63) is 70.9 Å². The summed E-state index contributed by atoms with van der Waals surface area (Å²) >= 11 is 0. The Bertz CT molecular complexity index is 1090. The summed E-state index contributed by atoms with van der Waals surface area (Å²) in [5.74, 6) is -0.987. The van der Waals surface area contributed by atoms with Gasteiger partial charge in [-0.15, -0.1) is 0 Å². The van der Waals surface area contributed by atoms with Gasteiger partial charge in [0, 0.05) is 23.7 Å². The lowest BCUT2D eigenvalue weighted by molar-refractivity contribution is -0.231. The minimum absolute atomic E-state index is 0.208. The number of aryl methyl sites for hydroxylation is 1. The fourth-order valence-corrected chi connectivity index (χ4v) is 4.23. The summed E-state index contributed by atoms with van der Waals surface area (Å²) < 4.78 is 7.76. The van der Waals surface area contributed by atoms with Gasteiger partial charge in [-0.2, -0.15) is 0 Å². The summed E-state index contributed by atoms with van der Waals surface area (Å²) in [7, 11) is 0. The van der Waals surface area contributed by atoms with E-state index >= 15 is 0 Å². The molecule has 5 N–H and O–H groups in total. The smallest absolute Gasteiger partial charge is 0.335 e. The normalized spacial score (nSPS) is 26.3. The molecule has 5 atom stereocenters. The molecule has 8 nitrogen and oxygen atoms in total. The van der Waals surface area contributed by atoms with Gasteiger partial charge in [0.1, 0.15) is 30.5 Å². The van der Waals surface area contributed by atoms with Crippen LogP contribution in [0.25, 0.3) is 10.9 Å². The van der Waals surface area contributed by atoms with E-state index in [1.165, 1.54) is 0 Å². The number of fused-ring (bicyclic) bond motifs is 1. The first kappa shape index (κ1) is 21.5. The summed E-state index contributed by atoms with van der Waals surface area (Å²) in [6, 6.07) is 12.3. The van der Waals surface area contributed by atoms with Gasteiger partial charge in [-0.05, 0) is 30.2 Å². The van der Waals surface area contributed by atoms with Crippen LogP contribution in [0.15, 0.2) is 48.7 Å². The molecule has 1 aliphatic rings. The van der Waals surface area contributed by atoms with Crippen LogP contribution in [0.4, 0.5) is 0 Å². The van der Waals surface area contributed by atoms with Crippen molar-refractivity contribution in [3.63, 3.8) is 0 Å². The van der Waals surface area contributed by atoms with Crippen molar-refractivity contribution in [3.8, 4) is 0 Å². The summed E-state index contributed by atoms with van der Waals surface area (Å²) in [5, 5.41) is 50.4. The highest BCUT2D eigenvalue weighted by molar-refractivity contribution is 5.88. The molecule has 0 unspecified atom stereocenters. The second-order valence-electron chi connectivity index (χ2n) is 7.93. The summed E-state index contributed by atoms with van der Waals surface area (Å²) in [5.41, 5.74) is 3.65. The number of ether oxygens (including phenoxy) is 1. The highest BCUT2D eigenvalue weighted by atomic mass is 16.5. The van der Waals surface area contributed by atoms with Gasteiger partial charge in [-0.3, -0.25) is 0 Å². The molecular weight excluding hydrogens is 402 g/mol. The number of benzene rings is 2. The van der Waals surface area contributed by atoms with E-state index in [1.54, 1.807) is 24.3 Å². The van der Waals surface area contributed by atoms with Gasteiger partial charge in [0.2, 0.25) is 0 Å². The first-order chi connectivity index (χ1) is 14.8. The van der Waals surface area contributed by atoms with Gasteiger partial charge in [0.25, 0.3) is 0 Å². The van der Waals surface area contributed by atoms with Gasteiger partial charge in [-0.1, -0.05) is 30.3 Å². The van der Waals surface area contributed by atoms with Gasteiger partial charge >= 0.3 is 5.97 Å². The third-order valence-corrected chi connectivity index (χ3v) is 5.88. The second kappa shape index (κ2) is 8.41. The number of nitrogens with zero attached hydrogens (tertiary/aromatic N) is 1. The number of hydrogen-bond donors (Lipinski definition) is 5.